The highest BCUT2D eigenvalue weighted by molar-refractivity contribution is 6.09. The zero-order chi connectivity index (χ0) is 20.5. The fourth-order valence-corrected chi connectivity index (χ4v) is 3.44. The number of rotatable bonds is 2. The van der Waals surface area contributed by atoms with E-state index in [0.717, 1.165) is 17.2 Å². The lowest BCUT2D eigenvalue weighted by Crippen LogP contribution is -2.33. The van der Waals surface area contributed by atoms with Crippen LogP contribution >= 0.6 is 0 Å². The molecule has 0 aromatic heterocycles. The summed E-state index contributed by atoms with van der Waals surface area (Å²) in [6, 6.07) is 11.9. The third-order valence-electron chi connectivity index (χ3n) is 4.91. The number of nitrogens with zero attached hydrogens (tertiary/aromatic N) is 1. The van der Waals surface area contributed by atoms with Crippen LogP contribution in [-0.4, -0.2) is 31.3 Å². The summed E-state index contributed by atoms with van der Waals surface area (Å²) in [5.41, 5.74) is 2.47. The Morgan fingerprint density at radius 1 is 1.14 bits per heavy atom. The number of anilines is 1. The van der Waals surface area contributed by atoms with Crippen molar-refractivity contribution in [2.75, 3.05) is 18.5 Å². The molecule has 1 aliphatic heterocycles. The van der Waals surface area contributed by atoms with Crippen molar-refractivity contribution < 1.29 is 18.4 Å². The molecule has 0 atom stereocenters. The summed E-state index contributed by atoms with van der Waals surface area (Å²) in [6.07, 6.45) is 0.352. The van der Waals surface area contributed by atoms with Crippen LogP contribution in [-0.2, 0) is 4.79 Å². The Labute approximate surface area is 162 Å². The van der Waals surface area contributed by atoms with Crippen molar-refractivity contribution in [2.24, 2.45) is 0 Å². The second-order valence-electron chi connectivity index (χ2n) is 6.92. The molecule has 2 amide bonds. The van der Waals surface area contributed by atoms with Gasteiger partial charge in [-0.3, -0.25) is 9.59 Å². The molecule has 1 N–H and O–H groups in total. The Kier molecular flexibility index (Phi) is 5.31. The van der Waals surface area contributed by atoms with Gasteiger partial charge >= 0.3 is 0 Å². The number of nitrogens with one attached hydrogen (secondary N) is 1. The number of carbonyl (C=O) groups excluding carboxylic acids is 2. The van der Waals surface area contributed by atoms with Gasteiger partial charge in [0.2, 0.25) is 5.91 Å². The van der Waals surface area contributed by atoms with Crippen molar-refractivity contribution in [1.82, 2.24) is 5.32 Å². The molecule has 146 valence electrons. The molecule has 0 saturated carbocycles. The van der Waals surface area contributed by atoms with Crippen LogP contribution in [0.1, 0.15) is 33.5 Å². The first-order valence-electron chi connectivity index (χ1n) is 9.05. The van der Waals surface area contributed by atoms with Crippen LogP contribution < -0.4 is 10.2 Å². The van der Waals surface area contributed by atoms with Crippen molar-refractivity contribution in [3.8, 4) is 0 Å². The first-order chi connectivity index (χ1) is 13.2. The Bertz CT molecular complexity index is 967. The van der Waals surface area contributed by atoms with E-state index in [1.165, 1.54) is 18.0 Å². The smallest absolute Gasteiger partial charge is 0.275 e. The van der Waals surface area contributed by atoms with Gasteiger partial charge in [-0.05, 0) is 31.5 Å². The predicted octanol–water partition coefficient (Wildman–Crippen LogP) is 4.12. The fourth-order valence-electron chi connectivity index (χ4n) is 3.44. The molecule has 0 radical (unpaired) electrons. The predicted molar refractivity (Wildman–Crippen MR) is 106 cm³/mol. The second-order valence-corrected chi connectivity index (χ2v) is 6.92. The Morgan fingerprint density at radius 3 is 2.54 bits per heavy atom. The van der Waals surface area contributed by atoms with E-state index in [4.69, 9.17) is 0 Å². The normalized spacial score (nSPS) is 17.0. The van der Waals surface area contributed by atoms with Crippen LogP contribution in [0.25, 0.3) is 5.57 Å². The molecule has 6 heteroatoms. The van der Waals surface area contributed by atoms with Crippen molar-refractivity contribution in [2.45, 2.75) is 26.2 Å². The molecule has 1 heterocycles. The maximum Gasteiger partial charge on any atom is 0.275 e. The van der Waals surface area contributed by atoms with E-state index >= 15 is 0 Å². The molecule has 2 aromatic carbocycles. The SMILES string of the molecule is CNC(=O)/C=C1/c2ccccc2N(C(=O)c2ccc(C)cc2C)CCC1(F)F. The van der Waals surface area contributed by atoms with Crippen LogP contribution in [0, 0.1) is 13.8 Å². The van der Waals surface area contributed by atoms with Gasteiger partial charge in [0, 0.05) is 42.8 Å². The van der Waals surface area contributed by atoms with Gasteiger partial charge in [-0.1, -0.05) is 35.9 Å². The van der Waals surface area contributed by atoms with Crippen molar-refractivity contribution >= 4 is 23.1 Å². The third-order valence-corrected chi connectivity index (χ3v) is 4.91. The number of likely N-dealkylation sites (N-methyl/N-ethyl adjacent to an activating group) is 1. The van der Waals surface area contributed by atoms with Gasteiger partial charge in [0.05, 0.1) is 5.69 Å². The lowest BCUT2D eigenvalue weighted by Gasteiger charge is -2.23. The summed E-state index contributed by atoms with van der Waals surface area (Å²) < 4.78 is 29.8. The number of hydrogen-bond acceptors (Lipinski definition) is 2. The summed E-state index contributed by atoms with van der Waals surface area (Å²) >= 11 is 0. The standard InChI is InChI=1S/C22H22F2N2O2/c1-14-8-9-16(15(2)12-14)21(28)26-11-10-22(23,24)18(13-20(27)25-3)17-6-4-5-7-19(17)26/h4-9,12-13H,10-11H2,1-3H3,(H,25,27)/b18-13-. The van der Waals surface area contributed by atoms with Gasteiger partial charge in [-0.15, -0.1) is 0 Å². The van der Waals surface area contributed by atoms with E-state index in [1.807, 2.05) is 26.0 Å². The zero-order valence-corrected chi connectivity index (χ0v) is 16.1. The highest BCUT2D eigenvalue weighted by Gasteiger charge is 2.41. The summed E-state index contributed by atoms with van der Waals surface area (Å²) in [5, 5.41) is 2.34. The minimum atomic E-state index is -3.24. The number of alkyl halides is 2. The van der Waals surface area contributed by atoms with Gasteiger partial charge in [0.15, 0.2) is 0 Å². The molecule has 0 aliphatic carbocycles. The lowest BCUT2D eigenvalue weighted by molar-refractivity contribution is -0.116. The number of halogens is 2. The van der Waals surface area contributed by atoms with E-state index in [1.54, 1.807) is 24.3 Å². The third kappa shape index (κ3) is 3.67. The average Bonchev–Trinajstić information content (AvgIpc) is 2.76. The first kappa shape index (κ1) is 19.7. The highest BCUT2D eigenvalue weighted by atomic mass is 19.3. The second kappa shape index (κ2) is 7.54. The van der Waals surface area contributed by atoms with Crippen LogP contribution in [0.5, 0.6) is 0 Å². The van der Waals surface area contributed by atoms with Gasteiger partial charge < -0.3 is 10.2 Å². The molecule has 2 aromatic rings. The number of carbonyl (C=O) groups is 2. The number of aryl methyl sites for hydroxylation is 2. The van der Waals surface area contributed by atoms with Crippen LogP contribution in [0.15, 0.2) is 48.5 Å². The number of fused-ring (bicyclic) bond motifs is 1. The first-order valence-corrected chi connectivity index (χ1v) is 9.05. The number of para-hydroxylation sites is 1. The lowest BCUT2D eigenvalue weighted by atomic mass is 9.97. The van der Waals surface area contributed by atoms with Gasteiger partial charge in [0.1, 0.15) is 0 Å². The number of hydrogen-bond donors (Lipinski definition) is 1. The molecular formula is C22H22F2N2O2. The largest absolute Gasteiger partial charge is 0.356 e. The summed E-state index contributed by atoms with van der Waals surface area (Å²) in [5.74, 6) is -4.18. The fraction of sp³-hybridized carbons (Fsp3) is 0.273. The Morgan fingerprint density at radius 2 is 1.86 bits per heavy atom. The van der Waals surface area contributed by atoms with Crippen LogP contribution in [0.2, 0.25) is 0 Å². The number of amides is 2. The minimum Gasteiger partial charge on any atom is -0.356 e. The quantitative estimate of drug-likeness (QED) is 0.792. The number of allylic oxidation sites excluding steroid dienone is 1. The number of benzene rings is 2. The molecule has 0 unspecified atom stereocenters. The van der Waals surface area contributed by atoms with E-state index in [-0.39, 0.29) is 23.6 Å². The van der Waals surface area contributed by atoms with Crippen LogP contribution in [0.4, 0.5) is 14.5 Å². The minimum absolute atomic E-state index is 0.152. The van der Waals surface area contributed by atoms with E-state index in [0.29, 0.717) is 11.3 Å². The van der Waals surface area contributed by atoms with Crippen molar-refractivity contribution in [1.29, 1.82) is 0 Å². The molecule has 4 nitrogen and oxygen atoms in total. The topological polar surface area (TPSA) is 49.4 Å². The summed E-state index contributed by atoms with van der Waals surface area (Å²) in [6.45, 7) is 3.61. The molecule has 28 heavy (non-hydrogen) atoms. The Balaban J connectivity index is 2.14. The summed E-state index contributed by atoms with van der Waals surface area (Å²) in [4.78, 5) is 26.4. The highest BCUT2D eigenvalue weighted by Crippen LogP contribution is 2.43. The molecule has 0 bridgehead atoms. The monoisotopic (exact) mass is 384 g/mol. The molecule has 0 fully saturated rings. The molecular weight excluding hydrogens is 362 g/mol. The molecule has 3 rings (SSSR count). The maximum atomic E-state index is 14.9. The van der Waals surface area contributed by atoms with Gasteiger partial charge in [-0.2, -0.15) is 0 Å². The molecule has 0 saturated heterocycles. The van der Waals surface area contributed by atoms with Gasteiger partial charge in [-0.25, -0.2) is 8.78 Å². The molecule has 1 aliphatic rings. The van der Waals surface area contributed by atoms with E-state index < -0.39 is 18.3 Å². The Hall–Kier alpha value is -3.02. The van der Waals surface area contributed by atoms with E-state index in [2.05, 4.69) is 5.32 Å². The van der Waals surface area contributed by atoms with Gasteiger partial charge in [0.25, 0.3) is 11.8 Å². The van der Waals surface area contributed by atoms with E-state index in [9.17, 15) is 18.4 Å². The summed E-state index contributed by atoms with van der Waals surface area (Å²) in [7, 11) is 1.39. The van der Waals surface area contributed by atoms with Crippen molar-refractivity contribution in [3.05, 3.63) is 70.8 Å². The maximum absolute atomic E-state index is 14.9. The van der Waals surface area contributed by atoms with Crippen LogP contribution in [0.3, 0.4) is 0 Å². The zero-order valence-electron chi connectivity index (χ0n) is 16.1. The average molecular weight is 384 g/mol. The molecule has 0 spiro atoms. The van der Waals surface area contributed by atoms with Crippen molar-refractivity contribution in [3.63, 3.8) is 0 Å².